The van der Waals surface area contributed by atoms with Crippen LogP contribution in [0, 0.1) is 5.82 Å². The minimum absolute atomic E-state index is 0.195. The summed E-state index contributed by atoms with van der Waals surface area (Å²) in [4.78, 5) is 13.0. The molecule has 8 nitrogen and oxygen atoms in total. The minimum Gasteiger partial charge on any atom is -0.368 e. The van der Waals surface area contributed by atoms with E-state index in [2.05, 4.69) is 37.2 Å². The molecule has 1 fully saturated rings. The fraction of sp³-hybridized carbons (Fsp3) is 0.227. The molecule has 1 aliphatic heterocycles. The number of hydrogen-bond acceptors (Lipinski definition) is 7. The quantitative estimate of drug-likeness (QED) is 0.527. The van der Waals surface area contributed by atoms with Crippen molar-refractivity contribution in [1.82, 2.24) is 24.6 Å². The van der Waals surface area contributed by atoms with Crippen LogP contribution in [0.3, 0.4) is 0 Å². The second-order valence-corrected chi connectivity index (χ2v) is 7.64. The number of anilines is 4. The summed E-state index contributed by atoms with van der Waals surface area (Å²) in [5, 5.41) is 9.43. The first-order valence-corrected chi connectivity index (χ1v) is 10.2. The predicted molar refractivity (Wildman–Crippen MR) is 120 cm³/mol. The molecule has 0 bridgehead atoms. The number of hydrogen-bond donors (Lipinski definition) is 2. The molecule has 0 aliphatic carbocycles. The Balaban J connectivity index is 1.40. The number of benzene rings is 2. The molecule has 3 heterocycles. The highest BCUT2D eigenvalue weighted by Crippen LogP contribution is 2.26. The fourth-order valence-electron chi connectivity index (χ4n) is 3.82. The standard InChI is InChI=1S/C22H23FN8/c1-29-10-12-30(13-11-29)19-7-6-16(14-18(19)23)26-22-27-21(24)31(28-22)20-17-5-3-2-4-15(17)8-9-25-20/h2-9,14H,10-13H2,1H3,(H3,24,26,27,28). The Morgan fingerprint density at radius 3 is 2.65 bits per heavy atom. The molecular formula is C22H23FN8. The summed E-state index contributed by atoms with van der Waals surface area (Å²) in [5.41, 5.74) is 7.27. The van der Waals surface area contributed by atoms with Crippen LogP contribution in [0.5, 0.6) is 0 Å². The minimum atomic E-state index is -0.280. The van der Waals surface area contributed by atoms with E-state index in [4.69, 9.17) is 5.73 Å². The van der Waals surface area contributed by atoms with E-state index in [9.17, 15) is 4.39 Å². The topological polar surface area (TPSA) is 88.1 Å². The maximum absolute atomic E-state index is 14.8. The Morgan fingerprint density at radius 1 is 1.03 bits per heavy atom. The molecule has 0 atom stereocenters. The van der Waals surface area contributed by atoms with Gasteiger partial charge in [-0.15, -0.1) is 5.10 Å². The second kappa shape index (κ2) is 7.84. The molecular weight excluding hydrogens is 395 g/mol. The predicted octanol–water partition coefficient (Wildman–Crippen LogP) is 3.03. The molecule has 158 valence electrons. The normalized spacial score (nSPS) is 14.8. The number of nitrogens with one attached hydrogen (secondary N) is 1. The van der Waals surface area contributed by atoms with Crippen LogP contribution in [0.1, 0.15) is 0 Å². The van der Waals surface area contributed by atoms with Crippen LogP contribution in [-0.4, -0.2) is 57.9 Å². The van der Waals surface area contributed by atoms with E-state index in [1.807, 2.05) is 36.4 Å². The number of halogens is 1. The number of nitrogens with two attached hydrogens (primary N) is 1. The van der Waals surface area contributed by atoms with Crippen molar-refractivity contribution in [1.29, 1.82) is 0 Å². The summed E-state index contributed by atoms with van der Waals surface area (Å²) in [6.45, 7) is 3.45. The highest BCUT2D eigenvalue weighted by Gasteiger charge is 2.18. The van der Waals surface area contributed by atoms with E-state index < -0.39 is 0 Å². The third-order valence-corrected chi connectivity index (χ3v) is 5.53. The lowest BCUT2D eigenvalue weighted by Crippen LogP contribution is -2.44. The van der Waals surface area contributed by atoms with Gasteiger partial charge in [0.05, 0.1) is 5.69 Å². The van der Waals surface area contributed by atoms with Crippen LogP contribution in [0.25, 0.3) is 16.6 Å². The Hall–Kier alpha value is -3.72. The van der Waals surface area contributed by atoms with Gasteiger partial charge in [-0.25, -0.2) is 9.37 Å². The molecule has 0 saturated carbocycles. The first-order valence-electron chi connectivity index (χ1n) is 10.2. The van der Waals surface area contributed by atoms with Gasteiger partial charge in [0.2, 0.25) is 11.9 Å². The van der Waals surface area contributed by atoms with Crippen LogP contribution < -0.4 is 16.0 Å². The van der Waals surface area contributed by atoms with Gasteiger partial charge in [-0.1, -0.05) is 24.3 Å². The van der Waals surface area contributed by atoms with Crippen molar-refractivity contribution in [2.24, 2.45) is 0 Å². The van der Waals surface area contributed by atoms with Gasteiger partial charge in [0.25, 0.3) is 0 Å². The van der Waals surface area contributed by atoms with Crippen LogP contribution in [0.15, 0.2) is 54.7 Å². The van der Waals surface area contributed by atoms with E-state index in [1.54, 1.807) is 12.3 Å². The van der Waals surface area contributed by atoms with E-state index >= 15 is 0 Å². The number of aromatic nitrogens is 4. The van der Waals surface area contributed by atoms with Gasteiger partial charge in [0.1, 0.15) is 5.82 Å². The monoisotopic (exact) mass is 418 g/mol. The lowest BCUT2D eigenvalue weighted by atomic mass is 10.1. The van der Waals surface area contributed by atoms with E-state index in [-0.39, 0.29) is 17.7 Å². The smallest absolute Gasteiger partial charge is 0.248 e. The zero-order valence-corrected chi connectivity index (χ0v) is 17.2. The summed E-state index contributed by atoms with van der Waals surface area (Å²) in [5.74, 6) is 0.783. The SMILES string of the molecule is CN1CCN(c2ccc(Nc3nc(N)n(-c4nccc5ccccc45)n3)cc2F)CC1. The number of piperazine rings is 1. The number of nitrogens with zero attached hydrogens (tertiary/aromatic N) is 6. The van der Waals surface area contributed by atoms with Crippen molar-refractivity contribution in [3.63, 3.8) is 0 Å². The van der Waals surface area contributed by atoms with Gasteiger partial charge in [-0.3, -0.25) is 0 Å². The largest absolute Gasteiger partial charge is 0.368 e. The summed E-state index contributed by atoms with van der Waals surface area (Å²) in [6.07, 6.45) is 1.71. The van der Waals surface area contributed by atoms with Gasteiger partial charge in [0, 0.05) is 43.4 Å². The van der Waals surface area contributed by atoms with Gasteiger partial charge in [0.15, 0.2) is 5.82 Å². The molecule has 2 aromatic carbocycles. The number of likely N-dealkylation sites (N-methyl/N-ethyl adjacent to an activating group) is 1. The average molecular weight is 418 g/mol. The van der Waals surface area contributed by atoms with E-state index in [1.165, 1.54) is 10.7 Å². The molecule has 0 unspecified atom stereocenters. The van der Waals surface area contributed by atoms with Crippen LogP contribution >= 0.6 is 0 Å². The molecule has 5 rings (SSSR count). The Kier molecular flexibility index (Phi) is 4.87. The van der Waals surface area contributed by atoms with Crippen LogP contribution in [0.2, 0.25) is 0 Å². The summed E-state index contributed by atoms with van der Waals surface area (Å²) in [7, 11) is 2.08. The average Bonchev–Trinajstić information content (AvgIpc) is 3.14. The molecule has 1 aliphatic rings. The lowest BCUT2D eigenvalue weighted by Gasteiger charge is -2.34. The zero-order chi connectivity index (χ0) is 21.4. The van der Waals surface area contributed by atoms with Gasteiger partial charge in [-0.05, 0) is 36.7 Å². The fourth-order valence-corrected chi connectivity index (χ4v) is 3.82. The van der Waals surface area contributed by atoms with Gasteiger partial charge < -0.3 is 20.9 Å². The van der Waals surface area contributed by atoms with Crippen molar-refractivity contribution in [3.05, 3.63) is 60.5 Å². The molecule has 0 radical (unpaired) electrons. The van der Waals surface area contributed by atoms with Crippen molar-refractivity contribution >= 4 is 34.0 Å². The summed E-state index contributed by atoms with van der Waals surface area (Å²) < 4.78 is 16.3. The molecule has 0 amide bonds. The third-order valence-electron chi connectivity index (χ3n) is 5.53. The molecule has 4 aromatic rings. The molecule has 1 saturated heterocycles. The molecule has 9 heteroatoms. The van der Waals surface area contributed by atoms with E-state index in [0.717, 1.165) is 37.0 Å². The first kappa shape index (κ1) is 19.3. The van der Waals surface area contributed by atoms with Crippen LogP contribution in [-0.2, 0) is 0 Å². The number of pyridine rings is 1. The summed E-state index contributed by atoms with van der Waals surface area (Å²) >= 11 is 0. The van der Waals surface area contributed by atoms with Gasteiger partial charge >= 0.3 is 0 Å². The first-order chi connectivity index (χ1) is 15.1. The number of fused-ring (bicyclic) bond motifs is 1. The third kappa shape index (κ3) is 3.75. The Bertz CT molecular complexity index is 1220. The maximum atomic E-state index is 14.8. The Labute approximate surface area is 179 Å². The van der Waals surface area contributed by atoms with Crippen molar-refractivity contribution < 1.29 is 4.39 Å². The highest BCUT2D eigenvalue weighted by atomic mass is 19.1. The lowest BCUT2D eigenvalue weighted by molar-refractivity contribution is 0.311. The second-order valence-electron chi connectivity index (χ2n) is 7.64. The van der Waals surface area contributed by atoms with E-state index in [0.29, 0.717) is 17.2 Å². The zero-order valence-electron chi connectivity index (χ0n) is 17.2. The Morgan fingerprint density at radius 2 is 1.84 bits per heavy atom. The molecule has 0 spiro atoms. The van der Waals surface area contributed by atoms with Crippen molar-refractivity contribution in [2.45, 2.75) is 0 Å². The summed E-state index contributed by atoms with van der Waals surface area (Å²) in [6, 6.07) is 14.8. The molecule has 3 N–H and O–H groups in total. The van der Waals surface area contributed by atoms with Crippen molar-refractivity contribution in [2.75, 3.05) is 49.2 Å². The highest BCUT2D eigenvalue weighted by molar-refractivity contribution is 5.88. The number of nitrogen functional groups attached to an aromatic ring is 1. The van der Waals surface area contributed by atoms with Crippen LogP contribution in [0.4, 0.5) is 27.7 Å². The van der Waals surface area contributed by atoms with Gasteiger partial charge in [-0.2, -0.15) is 9.67 Å². The molecule has 2 aromatic heterocycles. The maximum Gasteiger partial charge on any atom is 0.248 e. The molecule has 31 heavy (non-hydrogen) atoms. The van der Waals surface area contributed by atoms with Crippen molar-refractivity contribution in [3.8, 4) is 5.82 Å². The number of rotatable bonds is 4.